The highest BCUT2D eigenvalue weighted by Gasteiger charge is 2.51. The Labute approximate surface area is 162 Å². The molecule has 0 bridgehead atoms. The molecule has 3 N–H and O–H groups in total. The predicted molar refractivity (Wildman–Crippen MR) is 108 cm³/mol. The Hall–Kier alpha value is -2.17. The van der Waals surface area contributed by atoms with Crippen molar-refractivity contribution in [3.05, 3.63) is 78.2 Å². The zero-order chi connectivity index (χ0) is 19.1. The fourth-order valence-electron chi connectivity index (χ4n) is 3.69. The molecule has 4 nitrogen and oxygen atoms in total. The number of hydrogen-bond donors (Lipinski definition) is 3. The third kappa shape index (κ3) is 4.76. The number of aliphatic hydroxyl groups excluding tert-OH is 1. The van der Waals surface area contributed by atoms with E-state index in [-0.39, 0.29) is 12.1 Å². The summed E-state index contributed by atoms with van der Waals surface area (Å²) in [6.45, 7) is 2.14. The van der Waals surface area contributed by atoms with Gasteiger partial charge in [-0.3, -0.25) is 10.1 Å². The summed E-state index contributed by atoms with van der Waals surface area (Å²) < 4.78 is 0. The Bertz CT molecular complexity index is 720. The molecule has 3 atom stereocenters. The first-order valence-electron chi connectivity index (χ1n) is 9.82. The molecule has 143 valence electrons. The fraction of sp³-hybridized carbons (Fsp3) is 0.391. The van der Waals surface area contributed by atoms with Crippen molar-refractivity contribution >= 4 is 5.91 Å². The van der Waals surface area contributed by atoms with E-state index < -0.39 is 11.6 Å². The maximum absolute atomic E-state index is 13.0. The Morgan fingerprint density at radius 3 is 2.33 bits per heavy atom. The quantitative estimate of drug-likeness (QED) is 0.640. The molecule has 1 fully saturated rings. The number of carbonyl (C=O) groups excluding carboxylic acids is 1. The van der Waals surface area contributed by atoms with Crippen LogP contribution in [0.5, 0.6) is 0 Å². The predicted octanol–water partition coefficient (Wildman–Crippen LogP) is 3.01. The van der Waals surface area contributed by atoms with Gasteiger partial charge in [-0.2, -0.15) is 0 Å². The van der Waals surface area contributed by atoms with Gasteiger partial charge in [0.2, 0.25) is 5.91 Å². The van der Waals surface area contributed by atoms with Crippen molar-refractivity contribution in [2.75, 3.05) is 0 Å². The van der Waals surface area contributed by atoms with Crippen molar-refractivity contribution in [3.8, 4) is 0 Å². The molecule has 4 heteroatoms. The lowest BCUT2D eigenvalue weighted by molar-refractivity contribution is -0.127. The van der Waals surface area contributed by atoms with Crippen molar-refractivity contribution in [3.63, 3.8) is 0 Å². The number of aliphatic hydroxyl groups is 1. The Morgan fingerprint density at radius 2 is 1.70 bits per heavy atom. The summed E-state index contributed by atoms with van der Waals surface area (Å²) in [7, 11) is 0. The molecule has 1 aliphatic heterocycles. The molecule has 1 saturated heterocycles. The van der Waals surface area contributed by atoms with Gasteiger partial charge in [0.1, 0.15) is 5.54 Å². The van der Waals surface area contributed by atoms with Gasteiger partial charge < -0.3 is 10.4 Å². The fourth-order valence-corrected chi connectivity index (χ4v) is 3.69. The van der Waals surface area contributed by atoms with E-state index in [0.717, 1.165) is 30.4 Å². The number of unbranched alkanes of at least 4 members (excludes halogenated alkanes) is 1. The van der Waals surface area contributed by atoms with Crippen molar-refractivity contribution in [1.82, 2.24) is 10.6 Å². The maximum atomic E-state index is 13.0. The first-order valence-corrected chi connectivity index (χ1v) is 9.82. The van der Waals surface area contributed by atoms with Crippen molar-refractivity contribution < 1.29 is 9.90 Å². The van der Waals surface area contributed by atoms with Gasteiger partial charge in [-0.25, -0.2) is 0 Å². The third-order valence-electron chi connectivity index (χ3n) is 5.24. The van der Waals surface area contributed by atoms with Crippen molar-refractivity contribution in [2.24, 2.45) is 0 Å². The van der Waals surface area contributed by atoms with E-state index in [1.165, 1.54) is 0 Å². The number of rotatable bonds is 9. The number of nitrogens with one attached hydrogen (secondary N) is 2. The van der Waals surface area contributed by atoms with Gasteiger partial charge in [0.05, 0.1) is 12.3 Å². The van der Waals surface area contributed by atoms with Gasteiger partial charge in [0.25, 0.3) is 0 Å². The summed E-state index contributed by atoms with van der Waals surface area (Å²) in [5.41, 5.74) is 1.12. The number of carbonyl (C=O) groups is 1. The van der Waals surface area contributed by atoms with E-state index >= 15 is 0 Å². The molecule has 0 spiro atoms. The molecule has 1 heterocycles. The van der Waals surface area contributed by atoms with Crippen LogP contribution in [0.2, 0.25) is 0 Å². The molecule has 0 aromatic heterocycles. The van der Waals surface area contributed by atoms with Crippen LogP contribution in [0.3, 0.4) is 0 Å². The molecule has 1 radical (unpaired) electrons. The highest BCUT2D eigenvalue weighted by molar-refractivity contribution is 5.90. The lowest BCUT2D eigenvalue weighted by Crippen LogP contribution is -2.58. The summed E-state index contributed by atoms with van der Waals surface area (Å²) in [6.07, 6.45) is 4.90. The summed E-state index contributed by atoms with van der Waals surface area (Å²) >= 11 is 0. The van der Waals surface area contributed by atoms with Crippen molar-refractivity contribution in [2.45, 2.75) is 56.8 Å². The van der Waals surface area contributed by atoms with Gasteiger partial charge in [-0.1, -0.05) is 80.4 Å². The Morgan fingerprint density at radius 1 is 1.07 bits per heavy atom. The monoisotopic (exact) mass is 365 g/mol. The van der Waals surface area contributed by atoms with Gasteiger partial charge in [0.15, 0.2) is 0 Å². The van der Waals surface area contributed by atoms with E-state index in [9.17, 15) is 9.90 Å². The Kier molecular flexibility index (Phi) is 6.64. The normalized spacial score (nSPS) is 23.2. The van der Waals surface area contributed by atoms with Crippen molar-refractivity contribution in [1.29, 1.82) is 0 Å². The summed E-state index contributed by atoms with van der Waals surface area (Å²) in [6, 6.07) is 19.9. The largest absolute Gasteiger partial charge is 0.390 e. The maximum Gasteiger partial charge on any atom is 0.244 e. The highest BCUT2D eigenvalue weighted by atomic mass is 16.3. The van der Waals surface area contributed by atoms with Gasteiger partial charge in [0, 0.05) is 6.42 Å². The molecule has 0 saturated carbocycles. The van der Waals surface area contributed by atoms with Crippen LogP contribution < -0.4 is 10.6 Å². The van der Waals surface area contributed by atoms with Gasteiger partial charge in [-0.15, -0.1) is 0 Å². The number of benzene rings is 2. The van der Waals surface area contributed by atoms with Gasteiger partial charge >= 0.3 is 0 Å². The van der Waals surface area contributed by atoms with Crippen LogP contribution in [0.1, 0.15) is 37.3 Å². The molecule has 0 aliphatic carbocycles. The molecular weight excluding hydrogens is 336 g/mol. The minimum Gasteiger partial charge on any atom is -0.390 e. The van der Waals surface area contributed by atoms with E-state index in [1.807, 2.05) is 67.1 Å². The summed E-state index contributed by atoms with van der Waals surface area (Å²) in [5, 5.41) is 17.5. The zero-order valence-corrected chi connectivity index (χ0v) is 15.9. The molecular formula is C23H29N2O2. The van der Waals surface area contributed by atoms with Crippen LogP contribution in [-0.2, 0) is 17.6 Å². The average Bonchev–Trinajstić information content (AvgIpc) is 3.02. The molecule has 27 heavy (non-hydrogen) atoms. The van der Waals surface area contributed by atoms with Crippen LogP contribution in [-0.4, -0.2) is 28.8 Å². The Balaban J connectivity index is 1.77. The SMILES string of the molecule is CCCCC1NC(=O)[C@](Cc2ccccc2)(C(O)[CH]Cc2ccccc2)N1. The van der Waals surface area contributed by atoms with E-state index in [1.54, 1.807) is 0 Å². The smallest absolute Gasteiger partial charge is 0.244 e. The summed E-state index contributed by atoms with van der Waals surface area (Å²) in [5.74, 6) is -0.121. The molecule has 2 unspecified atom stereocenters. The first-order chi connectivity index (χ1) is 13.1. The number of hydrogen-bond acceptors (Lipinski definition) is 3. The van der Waals surface area contributed by atoms with Crippen LogP contribution >= 0.6 is 0 Å². The van der Waals surface area contributed by atoms with Crippen LogP contribution in [0.4, 0.5) is 0 Å². The first kappa shape index (κ1) is 19.6. The molecule has 1 aliphatic rings. The van der Waals surface area contributed by atoms with Gasteiger partial charge in [-0.05, 0) is 30.4 Å². The van der Waals surface area contributed by atoms with E-state index in [4.69, 9.17) is 0 Å². The second kappa shape index (κ2) is 9.16. The van der Waals surface area contributed by atoms with Crippen LogP contribution in [0.15, 0.2) is 60.7 Å². The number of amides is 1. The summed E-state index contributed by atoms with van der Waals surface area (Å²) in [4.78, 5) is 13.0. The topological polar surface area (TPSA) is 61.4 Å². The molecule has 2 aromatic rings. The highest BCUT2D eigenvalue weighted by Crippen LogP contribution is 2.27. The second-order valence-electron chi connectivity index (χ2n) is 7.32. The van der Waals surface area contributed by atoms with Crippen LogP contribution in [0.25, 0.3) is 0 Å². The molecule has 3 rings (SSSR count). The van der Waals surface area contributed by atoms with E-state index in [2.05, 4.69) is 17.6 Å². The molecule has 2 aromatic carbocycles. The molecule has 1 amide bonds. The standard InChI is InChI=1S/C23H29N2O2/c1-2-3-14-21-24-22(27)23(25-21,17-19-12-8-5-9-13-19)20(26)16-15-18-10-6-4-7-11-18/h4-13,16,20-21,25-26H,2-3,14-15,17H2,1H3,(H,24,27)/t20?,21?,23-/m0/s1. The lowest BCUT2D eigenvalue weighted by Gasteiger charge is -2.32. The lowest BCUT2D eigenvalue weighted by atomic mass is 9.82. The minimum absolute atomic E-state index is 0.0964. The minimum atomic E-state index is -1.03. The van der Waals surface area contributed by atoms with Crippen LogP contribution in [0, 0.1) is 6.42 Å². The second-order valence-corrected chi connectivity index (χ2v) is 7.32. The third-order valence-corrected chi connectivity index (χ3v) is 5.24. The van der Waals surface area contributed by atoms with E-state index in [0.29, 0.717) is 12.8 Å². The average molecular weight is 365 g/mol. The zero-order valence-electron chi connectivity index (χ0n) is 15.9.